The predicted octanol–water partition coefficient (Wildman–Crippen LogP) is 2.35. The van der Waals surface area contributed by atoms with Crippen molar-refractivity contribution in [1.82, 2.24) is 25.4 Å². The van der Waals surface area contributed by atoms with E-state index in [2.05, 4.69) is 20.8 Å². The van der Waals surface area contributed by atoms with Crippen molar-refractivity contribution in [2.45, 2.75) is 50.1 Å². The number of aromatic nitrogens is 3. The van der Waals surface area contributed by atoms with Crippen molar-refractivity contribution in [1.29, 1.82) is 0 Å². The van der Waals surface area contributed by atoms with E-state index < -0.39 is 11.3 Å². The molecule has 2 aromatic rings. The molecule has 8 heteroatoms. The largest absolute Gasteiger partial charge is 0.335 e. The number of nitrogens with zero attached hydrogens (tertiary/aromatic N) is 3. The highest BCUT2D eigenvalue weighted by Gasteiger charge is 2.26. The lowest BCUT2D eigenvalue weighted by Crippen LogP contribution is -2.43. The van der Waals surface area contributed by atoms with Gasteiger partial charge in [-0.2, -0.15) is 0 Å². The number of nitrogens with one attached hydrogen (secondary N) is 2. The SMILES string of the molecule is Cc1ccc(-n2c(C)nnc2SC(C)C(=O)NC(=O)NC2CC2)cc1. The van der Waals surface area contributed by atoms with Crippen LogP contribution >= 0.6 is 11.8 Å². The van der Waals surface area contributed by atoms with Gasteiger partial charge in [-0.15, -0.1) is 10.2 Å². The molecule has 1 unspecified atom stereocenters. The summed E-state index contributed by atoms with van der Waals surface area (Å²) in [5.74, 6) is 0.393. The molecule has 132 valence electrons. The molecule has 1 heterocycles. The van der Waals surface area contributed by atoms with Crippen LogP contribution in [0.4, 0.5) is 4.79 Å². The summed E-state index contributed by atoms with van der Waals surface area (Å²) in [6, 6.07) is 7.79. The number of carbonyl (C=O) groups excluding carboxylic acids is 2. The minimum absolute atomic E-state index is 0.211. The maximum atomic E-state index is 12.2. The Hall–Kier alpha value is -2.35. The molecule has 25 heavy (non-hydrogen) atoms. The summed E-state index contributed by atoms with van der Waals surface area (Å²) in [4.78, 5) is 23.9. The highest BCUT2D eigenvalue weighted by Crippen LogP contribution is 2.26. The average Bonchev–Trinajstić information content (AvgIpc) is 3.30. The molecule has 7 nitrogen and oxygen atoms in total. The van der Waals surface area contributed by atoms with Crippen molar-refractivity contribution >= 4 is 23.7 Å². The maximum Gasteiger partial charge on any atom is 0.321 e. The van der Waals surface area contributed by atoms with E-state index in [4.69, 9.17) is 0 Å². The second-order valence-electron chi connectivity index (χ2n) is 6.20. The summed E-state index contributed by atoms with van der Waals surface area (Å²) in [5, 5.41) is 13.5. The monoisotopic (exact) mass is 359 g/mol. The highest BCUT2D eigenvalue weighted by molar-refractivity contribution is 8.00. The Morgan fingerprint density at radius 2 is 1.88 bits per heavy atom. The summed E-state index contributed by atoms with van der Waals surface area (Å²) >= 11 is 1.27. The first-order valence-corrected chi connectivity index (χ1v) is 9.09. The zero-order valence-corrected chi connectivity index (χ0v) is 15.3. The molecule has 1 aromatic carbocycles. The zero-order valence-electron chi connectivity index (χ0n) is 14.4. The van der Waals surface area contributed by atoms with Gasteiger partial charge in [0.2, 0.25) is 5.91 Å². The first-order valence-electron chi connectivity index (χ1n) is 8.21. The Labute approximate surface area is 150 Å². The molecule has 2 N–H and O–H groups in total. The molecule has 0 radical (unpaired) electrons. The zero-order chi connectivity index (χ0) is 18.0. The normalized spacial score (nSPS) is 14.8. The number of amides is 3. The van der Waals surface area contributed by atoms with Crippen LogP contribution in [-0.2, 0) is 4.79 Å². The summed E-state index contributed by atoms with van der Waals surface area (Å²) < 4.78 is 1.90. The predicted molar refractivity (Wildman–Crippen MR) is 95.8 cm³/mol. The lowest BCUT2D eigenvalue weighted by atomic mass is 10.2. The fourth-order valence-electron chi connectivity index (χ4n) is 2.28. The summed E-state index contributed by atoms with van der Waals surface area (Å²) in [6.07, 6.45) is 1.95. The summed E-state index contributed by atoms with van der Waals surface area (Å²) in [5.41, 5.74) is 2.10. The van der Waals surface area contributed by atoms with Crippen LogP contribution in [0.15, 0.2) is 29.4 Å². The molecule has 1 aliphatic rings. The highest BCUT2D eigenvalue weighted by atomic mass is 32.2. The van der Waals surface area contributed by atoms with Crippen LogP contribution in [0, 0.1) is 13.8 Å². The molecule has 1 fully saturated rings. The Bertz CT molecular complexity index is 783. The van der Waals surface area contributed by atoms with Gasteiger partial charge in [-0.1, -0.05) is 29.5 Å². The van der Waals surface area contributed by atoms with Crippen molar-refractivity contribution in [3.8, 4) is 5.69 Å². The number of benzene rings is 1. The molecule has 3 amide bonds. The Morgan fingerprint density at radius 1 is 1.20 bits per heavy atom. The Balaban J connectivity index is 1.68. The van der Waals surface area contributed by atoms with Crippen molar-refractivity contribution in [3.05, 3.63) is 35.7 Å². The third-order valence-corrected chi connectivity index (χ3v) is 4.93. The summed E-state index contributed by atoms with van der Waals surface area (Å²) in [7, 11) is 0. The first kappa shape index (κ1) is 17.5. The standard InChI is InChI=1S/C17H21N5O2S/c1-10-4-8-14(9-5-10)22-12(3)20-21-17(22)25-11(2)15(23)19-16(24)18-13-6-7-13/h4-5,8-9,11,13H,6-7H2,1-3H3,(H2,18,19,23,24). The van der Waals surface area contributed by atoms with Gasteiger partial charge in [0.25, 0.3) is 0 Å². The third-order valence-electron chi connectivity index (χ3n) is 3.89. The summed E-state index contributed by atoms with van der Waals surface area (Å²) in [6.45, 7) is 5.64. The van der Waals surface area contributed by atoms with E-state index in [0.29, 0.717) is 5.16 Å². The maximum absolute atomic E-state index is 12.2. The van der Waals surface area contributed by atoms with Crippen molar-refractivity contribution in [3.63, 3.8) is 0 Å². The van der Waals surface area contributed by atoms with Crippen molar-refractivity contribution in [2.75, 3.05) is 0 Å². The van der Waals surface area contributed by atoms with Crippen molar-refractivity contribution in [2.24, 2.45) is 0 Å². The van der Waals surface area contributed by atoms with Crippen LogP contribution in [-0.4, -0.2) is 38.0 Å². The Kier molecular flexibility index (Phi) is 5.08. The number of urea groups is 1. The van der Waals surface area contributed by atoms with Gasteiger partial charge >= 0.3 is 6.03 Å². The van der Waals surface area contributed by atoms with Gasteiger partial charge in [0, 0.05) is 11.7 Å². The topological polar surface area (TPSA) is 88.9 Å². The molecule has 0 aliphatic heterocycles. The molecule has 3 rings (SSSR count). The molecule has 0 bridgehead atoms. The van der Waals surface area contributed by atoms with Crippen molar-refractivity contribution < 1.29 is 9.59 Å². The Morgan fingerprint density at radius 3 is 2.52 bits per heavy atom. The molecule has 1 atom stereocenters. The number of thioether (sulfide) groups is 1. The second-order valence-corrected chi connectivity index (χ2v) is 7.51. The van der Waals surface area contributed by atoms with E-state index >= 15 is 0 Å². The molecule has 1 saturated carbocycles. The van der Waals surface area contributed by atoms with E-state index in [0.717, 1.165) is 29.9 Å². The van der Waals surface area contributed by atoms with Crippen LogP contribution in [0.3, 0.4) is 0 Å². The van der Waals surface area contributed by atoms with Crippen LogP contribution in [0.5, 0.6) is 0 Å². The smallest absolute Gasteiger partial charge is 0.321 e. The lowest BCUT2D eigenvalue weighted by molar-refractivity contribution is -0.119. The van der Waals surface area contributed by atoms with Gasteiger partial charge in [0.1, 0.15) is 5.82 Å². The molecule has 1 aromatic heterocycles. The number of hydrogen-bond acceptors (Lipinski definition) is 5. The molecule has 0 saturated heterocycles. The van der Waals surface area contributed by atoms with Crippen LogP contribution < -0.4 is 10.6 Å². The fourth-order valence-corrected chi connectivity index (χ4v) is 3.20. The van der Waals surface area contributed by atoms with E-state index in [9.17, 15) is 9.59 Å². The van der Waals surface area contributed by atoms with Gasteiger partial charge < -0.3 is 5.32 Å². The quantitative estimate of drug-likeness (QED) is 0.800. The minimum atomic E-state index is -0.474. The molecule has 1 aliphatic carbocycles. The van der Waals surface area contributed by atoms with E-state index in [1.54, 1.807) is 6.92 Å². The molecular weight excluding hydrogens is 338 g/mol. The lowest BCUT2D eigenvalue weighted by Gasteiger charge is -2.13. The first-order chi connectivity index (χ1) is 11.9. The van der Waals surface area contributed by atoms with Gasteiger partial charge in [0.15, 0.2) is 5.16 Å². The second kappa shape index (κ2) is 7.26. The van der Waals surface area contributed by atoms with E-state index in [-0.39, 0.29) is 11.9 Å². The molecular formula is C17H21N5O2S. The van der Waals surface area contributed by atoms with Gasteiger partial charge in [-0.25, -0.2) is 4.79 Å². The number of imide groups is 1. The van der Waals surface area contributed by atoms with Crippen LogP contribution in [0.2, 0.25) is 0 Å². The minimum Gasteiger partial charge on any atom is -0.335 e. The van der Waals surface area contributed by atoms with Gasteiger partial charge in [-0.3, -0.25) is 14.7 Å². The van der Waals surface area contributed by atoms with Crippen LogP contribution in [0.25, 0.3) is 5.69 Å². The van der Waals surface area contributed by atoms with Crippen LogP contribution in [0.1, 0.15) is 31.2 Å². The van der Waals surface area contributed by atoms with Gasteiger partial charge in [0.05, 0.1) is 5.25 Å². The number of aryl methyl sites for hydroxylation is 2. The van der Waals surface area contributed by atoms with E-state index in [1.807, 2.05) is 42.7 Å². The molecule has 0 spiro atoms. The number of carbonyl (C=O) groups is 2. The average molecular weight is 359 g/mol. The van der Waals surface area contributed by atoms with Gasteiger partial charge in [-0.05, 0) is 45.7 Å². The third kappa shape index (κ3) is 4.39. The fraction of sp³-hybridized carbons (Fsp3) is 0.412. The number of hydrogen-bond donors (Lipinski definition) is 2. The van der Waals surface area contributed by atoms with E-state index in [1.165, 1.54) is 11.8 Å². The number of rotatable bonds is 5.